The number of aromatic hydroxyl groups is 1. The van der Waals surface area contributed by atoms with Crippen molar-refractivity contribution in [2.75, 3.05) is 58.5 Å². The monoisotopic (exact) mass is 763 g/mol. The maximum atomic E-state index is 14.2. The minimum atomic E-state index is -3.08. The van der Waals surface area contributed by atoms with Crippen LogP contribution in [0.15, 0.2) is 34.5 Å². The highest BCUT2D eigenvalue weighted by atomic mass is 16.5. The number of primary amides is 1. The molecule has 4 aliphatic rings. The largest absolute Gasteiger partial charge is 0.507 e. The Hall–Kier alpha value is -4.77. The fraction of sp³-hybridized carbons (Fsp3) is 0.564. The van der Waals surface area contributed by atoms with E-state index in [-0.39, 0.29) is 23.2 Å². The number of rotatable bonds is 13. The lowest BCUT2D eigenvalue weighted by molar-refractivity contribution is -0.195. The minimum Gasteiger partial charge on any atom is -0.507 e. The molecule has 1 aliphatic heterocycles. The summed E-state index contributed by atoms with van der Waals surface area (Å²) in [6.07, 6.45) is 1.48. The number of benzene rings is 2. The van der Waals surface area contributed by atoms with E-state index in [4.69, 9.17) is 19.9 Å². The van der Waals surface area contributed by atoms with Crippen LogP contribution < -0.4 is 20.1 Å². The zero-order chi connectivity index (χ0) is 39.8. The number of carbonyl (C=O) groups is 5. The normalized spacial score (nSPS) is 27.9. The summed E-state index contributed by atoms with van der Waals surface area (Å²) in [5.41, 5.74) is 3.54. The minimum absolute atomic E-state index is 0.152. The Morgan fingerprint density at radius 1 is 0.982 bits per heavy atom. The number of carbonyl (C=O) groups excluding carboxylic acids is 5. The van der Waals surface area contributed by atoms with E-state index >= 15 is 0 Å². The second kappa shape index (κ2) is 16.1. The summed E-state index contributed by atoms with van der Waals surface area (Å²) in [7, 11) is 2.87. The summed E-state index contributed by atoms with van der Waals surface area (Å²) in [6.45, 7) is 7.45. The molecule has 2 unspecified atom stereocenters. The van der Waals surface area contributed by atoms with Crippen molar-refractivity contribution in [3.63, 3.8) is 0 Å². The number of hydrogen-bond donors (Lipinski definition) is 4. The zero-order valence-electron chi connectivity index (χ0n) is 31.5. The highest BCUT2D eigenvalue weighted by Gasteiger charge is 2.72. The first-order chi connectivity index (χ1) is 26.3. The molecule has 2 aromatic rings. The van der Waals surface area contributed by atoms with Crippen LogP contribution in [-0.4, -0.2) is 121 Å². The van der Waals surface area contributed by atoms with Gasteiger partial charge in [0.25, 0.3) is 0 Å². The van der Waals surface area contributed by atoms with Gasteiger partial charge in [-0.2, -0.15) is 5.11 Å². The Balaban J connectivity index is 1.42. The zero-order valence-corrected chi connectivity index (χ0v) is 31.5. The van der Waals surface area contributed by atoms with Gasteiger partial charge in [-0.05, 0) is 51.1 Å². The number of unbranched alkanes of at least 4 members (excludes halogenated alkanes) is 2. The second-order valence-electron chi connectivity index (χ2n) is 14.8. The van der Waals surface area contributed by atoms with E-state index in [9.17, 15) is 39.3 Å². The van der Waals surface area contributed by atoms with Crippen LogP contribution >= 0.6 is 0 Å². The first-order valence-electron chi connectivity index (χ1n) is 18.8. The van der Waals surface area contributed by atoms with Gasteiger partial charge in [0.1, 0.15) is 22.9 Å². The number of ether oxygens (including phenoxy) is 3. The van der Waals surface area contributed by atoms with Crippen molar-refractivity contribution >= 4 is 46.1 Å². The Kier molecular flexibility index (Phi) is 11.7. The number of likely N-dealkylation sites (N-methyl/N-ethyl adjacent to an activating group) is 1. The summed E-state index contributed by atoms with van der Waals surface area (Å²) < 4.78 is 18.0. The predicted molar refractivity (Wildman–Crippen MR) is 197 cm³/mol. The molecule has 296 valence electrons. The van der Waals surface area contributed by atoms with Crippen LogP contribution in [0.3, 0.4) is 0 Å². The molecule has 3 fully saturated rings. The highest BCUT2D eigenvalue weighted by molar-refractivity contribution is 6.32. The van der Waals surface area contributed by atoms with Crippen molar-refractivity contribution in [2.24, 2.45) is 39.6 Å². The number of hydrogen-bond acceptors (Lipinski definition) is 15. The third-order valence-electron chi connectivity index (χ3n) is 11.2. The number of azo groups is 1. The Morgan fingerprint density at radius 2 is 1.62 bits per heavy atom. The molecule has 1 heterocycles. The highest BCUT2D eigenvalue weighted by Crippen LogP contribution is 2.52. The van der Waals surface area contributed by atoms with E-state index < -0.39 is 76.2 Å². The van der Waals surface area contributed by atoms with Crippen LogP contribution in [0.4, 0.5) is 17.1 Å². The van der Waals surface area contributed by atoms with Gasteiger partial charge in [0.15, 0.2) is 34.7 Å². The Bertz CT molecular complexity index is 1890. The number of aliphatic hydroxyl groups excluding tert-OH is 1. The van der Waals surface area contributed by atoms with Crippen molar-refractivity contribution in [3.05, 3.63) is 35.4 Å². The second-order valence-corrected chi connectivity index (χ2v) is 14.8. The lowest BCUT2D eigenvalue weighted by Gasteiger charge is -2.54. The van der Waals surface area contributed by atoms with Crippen molar-refractivity contribution < 1.29 is 53.5 Å². The predicted octanol–water partition coefficient (Wildman–Crippen LogP) is 2.45. The van der Waals surface area contributed by atoms with Crippen molar-refractivity contribution in [3.8, 4) is 17.2 Å². The van der Waals surface area contributed by atoms with Crippen LogP contribution in [0.25, 0.3) is 0 Å². The maximum Gasteiger partial charge on any atom is 0.235 e. The molecule has 16 heteroatoms. The third kappa shape index (κ3) is 7.00. The van der Waals surface area contributed by atoms with Crippen LogP contribution in [0.5, 0.6) is 17.2 Å². The van der Waals surface area contributed by atoms with E-state index in [1.807, 2.05) is 13.0 Å². The molecule has 3 aliphatic carbocycles. The average molecular weight is 764 g/mol. The summed E-state index contributed by atoms with van der Waals surface area (Å²) in [4.78, 5) is 71.3. The number of phenolic OH excluding ortho intramolecular Hbond substituents is 1. The molecule has 0 bridgehead atoms. The molecule has 16 nitrogen and oxygen atoms in total. The van der Waals surface area contributed by atoms with E-state index in [0.29, 0.717) is 56.7 Å². The molecule has 7 atom stereocenters. The van der Waals surface area contributed by atoms with Gasteiger partial charge in [0.05, 0.1) is 67.3 Å². The number of phenols is 1. The molecule has 6 rings (SSSR count). The summed E-state index contributed by atoms with van der Waals surface area (Å²) in [5.74, 6) is -12.4. The molecular formula is C39H49N5O11. The first kappa shape index (κ1) is 39.9. The molecular weight excluding hydrogens is 714 g/mol. The van der Waals surface area contributed by atoms with Gasteiger partial charge in [0.2, 0.25) is 5.91 Å². The number of ketones is 4. The van der Waals surface area contributed by atoms with E-state index in [1.54, 1.807) is 6.07 Å². The van der Waals surface area contributed by atoms with Gasteiger partial charge >= 0.3 is 0 Å². The summed E-state index contributed by atoms with van der Waals surface area (Å²) in [6, 6.07) is 4.83. The van der Waals surface area contributed by atoms with Gasteiger partial charge in [-0.3, -0.25) is 28.9 Å². The summed E-state index contributed by atoms with van der Waals surface area (Å²) in [5, 5.41) is 43.8. The summed E-state index contributed by atoms with van der Waals surface area (Å²) >= 11 is 0. The van der Waals surface area contributed by atoms with E-state index in [1.165, 1.54) is 31.1 Å². The topological polar surface area (TPSA) is 231 Å². The molecule has 1 amide bonds. The molecule has 0 aromatic heterocycles. The van der Waals surface area contributed by atoms with E-state index in [2.05, 4.69) is 22.1 Å². The third-order valence-corrected chi connectivity index (χ3v) is 11.2. The number of morpholine rings is 1. The Labute approximate surface area is 318 Å². The van der Waals surface area contributed by atoms with Gasteiger partial charge in [-0.1, -0.05) is 26.7 Å². The van der Waals surface area contributed by atoms with Crippen molar-refractivity contribution in [1.29, 1.82) is 0 Å². The van der Waals surface area contributed by atoms with Crippen LogP contribution in [0.2, 0.25) is 0 Å². The Morgan fingerprint density at radius 3 is 2.24 bits per heavy atom. The number of Topliss-reactive ketones (excluding diaryl/α,β-unsaturated/α-hetero) is 4. The number of amides is 1. The van der Waals surface area contributed by atoms with Crippen LogP contribution in [0.1, 0.15) is 55.5 Å². The molecule has 0 radical (unpaired) electrons. The molecule has 2 aromatic carbocycles. The smallest absolute Gasteiger partial charge is 0.235 e. The molecule has 2 saturated carbocycles. The maximum absolute atomic E-state index is 14.2. The van der Waals surface area contributed by atoms with Gasteiger partial charge in [-0.25, -0.2) is 0 Å². The number of nitrogens with two attached hydrogens (primary N) is 1. The molecule has 1 saturated heterocycles. The number of nitrogens with zero attached hydrogens (tertiary/aromatic N) is 4. The number of fused-ring (bicyclic) bond motifs is 3. The van der Waals surface area contributed by atoms with E-state index in [0.717, 1.165) is 31.4 Å². The van der Waals surface area contributed by atoms with Crippen molar-refractivity contribution in [2.45, 2.75) is 63.7 Å². The first-order valence-corrected chi connectivity index (χ1v) is 18.8. The fourth-order valence-corrected chi connectivity index (χ4v) is 8.35. The standard InChI is InChI=1S/C39H49N5O11/c1-5-7-13-54-26-19-24(44-11-15-53-16-12-44)27(55-14-8-6-2)18-23(26)42-41-22-9-10-25(45)28-20(22)17-21-29(34(28)47)36(49)39(52)31(33(21)46)32(43(3)4)35(48)30(37(39)50)38(40)51/h9-10,18-19,21,29-33,45-46,52H,5-8,11-17H2,1-4H3,(H2,40,51)/t21-,29?,30?,31-,32+,33+,39+/m1/s1. The van der Waals surface area contributed by atoms with Crippen molar-refractivity contribution in [1.82, 2.24) is 4.90 Å². The average Bonchev–Trinajstić information content (AvgIpc) is 3.15. The number of aliphatic hydroxyl groups is 2. The molecule has 0 spiro atoms. The number of anilines is 1. The fourth-order valence-electron chi connectivity index (χ4n) is 8.35. The lowest BCUT2D eigenvalue weighted by atomic mass is 9.51. The molecule has 55 heavy (non-hydrogen) atoms. The van der Waals surface area contributed by atoms with Gasteiger partial charge in [-0.15, -0.1) is 5.11 Å². The van der Waals surface area contributed by atoms with Gasteiger partial charge < -0.3 is 40.2 Å². The van der Waals surface area contributed by atoms with Gasteiger partial charge in [0, 0.05) is 31.1 Å². The SMILES string of the molecule is CCCCOc1cc(N2CCOCC2)c(OCCCC)cc1N=Nc1ccc(O)c2c1C[C@@H]1C(C2=O)C(=O)[C@]2(O)C(=O)C(C(N)=O)C(=O)[C@@H](N(C)C)[C@@H]2[C@H]1O. The van der Waals surface area contributed by atoms with Crippen LogP contribution in [0, 0.1) is 23.7 Å². The lowest BCUT2D eigenvalue weighted by Crippen LogP contribution is -2.77. The quantitative estimate of drug-likeness (QED) is 0.131. The molecule has 5 N–H and O–H groups in total. The van der Waals surface area contributed by atoms with Crippen LogP contribution in [-0.2, 0) is 30.3 Å².